The number of imide groups is 1. The number of amides is 3. The van der Waals surface area contributed by atoms with E-state index in [1.54, 1.807) is 19.1 Å². The first-order valence-corrected chi connectivity index (χ1v) is 6.51. The van der Waals surface area contributed by atoms with Crippen LogP contribution in [-0.4, -0.2) is 39.2 Å². The van der Waals surface area contributed by atoms with Crippen molar-refractivity contribution in [3.63, 3.8) is 0 Å². The molecule has 0 aliphatic carbocycles. The molecule has 0 heterocycles. The standard InChI is InChI=1S/C13H18ClN3O4/c1-7(12(18)17-13(19)15-2)16-9-5-8(14)10(20-3)6-11(9)21-4/h5-7,16H,1-4H3,(H2,15,17,18,19). The average molecular weight is 316 g/mol. The second-order valence-electron chi connectivity index (χ2n) is 4.12. The molecule has 0 fully saturated rings. The Morgan fingerprint density at radius 3 is 2.33 bits per heavy atom. The van der Waals surface area contributed by atoms with Crippen molar-refractivity contribution in [3.8, 4) is 11.5 Å². The van der Waals surface area contributed by atoms with E-state index in [2.05, 4.69) is 16.0 Å². The van der Waals surface area contributed by atoms with Gasteiger partial charge >= 0.3 is 6.03 Å². The Bertz CT molecular complexity index is 536. The quantitative estimate of drug-likeness (QED) is 0.768. The van der Waals surface area contributed by atoms with Crippen molar-refractivity contribution in [3.05, 3.63) is 17.2 Å². The summed E-state index contributed by atoms with van der Waals surface area (Å²) in [5, 5.41) is 7.78. The zero-order valence-corrected chi connectivity index (χ0v) is 13.0. The van der Waals surface area contributed by atoms with Crippen LogP contribution < -0.4 is 25.4 Å². The first-order chi connectivity index (χ1) is 9.92. The van der Waals surface area contributed by atoms with Gasteiger partial charge in [0.25, 0.3) is 0 Å². The fourth-order valence-corrected chi connectivity index (χ4v) is 1.80. The molecule has 1 atom stereocenters. The van der Waals surface area contributed by atoms with E-state index < -0.39 is 18.0 Å². The van der Waals surface area contributed by atoms with Crippen molar-refractivity contribution in [2.75, 3.05) is 26.6 Å². The highest BCUT2D eigenvalue weighted by molar-refractivity contribution is 6.32. The SMILES string of the molecule is CNC(=O)NC(=O)C(C)Nc1cc(Cl)c(OC)cc1OC. The molecule has 116 valence electrons. The minimum absolute atomic E-state index is 0.375. The van der Waals surface area contributed by atoms with Crippen LogP contribution in [0.1, 0.15) is 6.92 Å². The Morgan fingerprint density at radius 1 is 1.19 bits per heavy atom. The highest BCUT2D eigenvalue weighted by Gasteiger charge is 2.18. The number of halogens is 1. The molecule has 0 aromatic heterocycles. The molecule has 7 nitrogen and oxygen atoms in total. The maximum Gasteiger partial charge on any atom is 0.321 e. The van der Waals surface area contributed by atoms with Gasteiger partial charge in [-0.05, 0) is 13.0 Å². The molecule has 0 bridgehead atoms. The van der Waals surface area contributed by atoms with Gasteiger partial charge in [0.15, 0.2) is 0 Å². The number of hydrogen-bond acceptors (Lipinski definition) is 5. The molecule has 1 unspecified atom stereocenters. The van der Waals surface area contributed by atoms with Gasteiger partial charge in [-0.25, -0.2) is 4.79 Å². The van der Waals surface area contributed by atoms with Gasteiger partial charge in [0.2, 0.25) is 5.91 Å². The van der Waals surface area contributed by atoms with Crippen molar-refractivity contribution >= 4 is 29.2 Å². The smallest absolute Gasteiger partial charge is 0.321 e. The van der Waals surface area contributed by atoms with Crippen molar-refractivity contribution < 1.29 is 19.1 Å². The van der Waals surface area contributed by atoms with Crippen LogP contribution in [0.2, 0.25) is 5.02 Å². The molecule has 21 heavy (non-hydrogen) atoms. The molecule has 0 aliphatic heterocycles. The van der Waals surface area contributed by atoms with E-state index >= 15 is 0 Å². The molecule has 0 saturated carbocycles. The summed E-state index contributed by atoms with van der Waals surface area (Å²) in [6, 6.07) is 1.95. The molecule has 1 aromatic rings. The molecule has 1 aromatic carbocycles. The molecule has 8 heteroatoms. The molecular formula is C13H18ClN3O4. The Hall–Kier alpha value is -2.15. The lowest BCUT2D eigenvalue weighted by molar-refractivity contribution is -0.120. The first kappa shape index (κ1) is 16.9. The van der Waals surface area contributed by atoms with Crippen molar-refractivity contribution in [1.29, 1.82) is 0 Å². The van der Waals surface area contributed by atoms with E-state index in [1.165, 1.54) is 21.3 Å². The van der Waals surface area contributed by atoms with E-state index in [9.17, 15) is 9.59 Å². The van der Waals surface area contributed by atoms with E-state index in [0.29, 0.717) is 22.2 Å². The number of carbonyl (C=O) groups is 2. The van der Waals surface area contributed by atoms with E-state index in [1.807, 2.05) is 0 Å². The van der Waals surface area contributed by atoms with Crippen LogP contribution >= 0.6 is 11.6 Å². The minimum Gasteiger partial charge on any atom is -0.495 e. The number of methoxy groups -OCH3 is 2. The third-order valence-corrected chi connectivity index (χ3v) is 3.00. The van der Waals surface area contributed by atoms with E-state index in [-0.39, 0.29) is 0 Å². The van der Waals surface area contributed by atoms with Crippen molar-refractivity contribution in [1.82, 2.24) is 10.6 Å². The summed E-state index contributed by atoms with van der Waals surface area (Å²) in [6.45, 7) is 1.61. The van der Waals surface area contributed by atoms with Crippen molar-refractivity contribution in [2.45, 2.75) is 13.0 Å². The summed E-state index contributed by atoms with van der Waals surface area (Å²) in [4.78, 5) is 22.9. The van der Waals surface area contributed by atoms with Crippen LogP contribution in [0.4, 0.5) is 10.5 Å². The van der Waals surface area contributed by atoms with Gasteiger partial charge in [0.1, 0.15) is 17.5 Å². The summed E-state index contributed by atoms with van der Waals surface area (Å²) in [5.41, 5.74) is 0.517. The predicted molar refractivity (Wildman–Crippen MR) is 80.2 cm³/mol. The summed E-state index contributed by atoms with van der Waals surface area (Å²) in [6.07, 6.45) is 0. The second kappa shape index (κ2) is 7.58. The summed E-state index contributed by atoms with van der Waals surface area (Å²) in [5.74, 6) is 0.445. The summed E-state index contributed by atoms with van der Waals surface area (Å²) in [7, 11) is 4.41. The topological polar surface area (TPSA) is 88.7 Å². The first-order valence-electron chi connectivity index (χ1n) is 6.13. The molecule has 1 rings (SSSR count). The minimum atomic E-state index is -0.666. The molecule has 0 saturated heterocycles. The third-order valence-electron chi connectivity index (χ3n) is 2.70. The van der Waals surface area contributed by atoms with Crippen LogP contribution in [0, 0.1) is 0 Å². The van der Waals surface area contributed by atoms with Gasteiger partial charge < -0.3 is 20.1 Å². The lowest BCUT2D eigenvalue weighted by Crippen LogP contribution is -2.44. The fourth-order valence-electron chi connectivity index (χ4n) is 1.55. The summed E-state index contributed by atoms with van der Waals surface area (Å²) < 4.78 is 10.3. The largest absolute Gasteiger partial charge is 0.495 e. The molecule has 0 aliphatic rings. The lowest BCUT2D eigenvalue weighted by atomic mass is 10.2. The van der Waals surface area contributed by atoms with Crippen LogP contribution in [0.25, 0.3) is 0 Å². The molecular weight excluding hydrogens is 298 g/mol. The van der Waals surface area contributed by atoms with Gasteiger partial charge in [0, 0.05) is 13.1 Å². The number of nitrogens with one attached hydrogen (secondary N) is 3. The maximum atomic E-state index is 11.8. The lowest BCUT2D eigenvalue weighted by Gasteiger charge is -2.18. The zero-order valence-electron chi connectivity index (χ0n) is 12.2. The van der Waals surface area contributed by atoms with Gasteiger partial charge in [-0.2, -0.15) is 0 Å². The highest BCUT2D eigenvalue weighted by Crippen LogP contribution is 2.36. The Morgan fingerprint density at radius 2 is 1.81 bits per heavy atom. The Labute approximate surface area is 127 Å². The van der Waals surface area contributed by atoms with E-state index in [4.69, 9.17) is 21.1 Å². The van der Waals surface area contributed by atoms with Gasteiger partial charge in [-0.15, -0.1) is 0 Å². The van der Waals surface area contributed by atoms with Crippen LogP contribution in [0.5, 0.6) is 11.5 Å². The molecule has 3 N–H and O–H groups in total. The van der Waals surface area contributed by atoms with Gasteiger partial charge in [0.05, 0.1) is 24.9 Å². The number of ether oxygens (including phenoxy) is 2. The monoisotopic (exact) mass is 315 g/mol. The number of rotatable bonds is 5. The van der Waals surface area contributed by atoms with E-state index in [0.717, 1.165) is 0 Å². The summed E-state index contributed by atoms with van der Waals surface area (Å²) >= 11 is 6.04. The van der Waals surface area contributed by atoms with Gasteiger partial charge in [-0.1, -0.05) is 11.6 Å². The second-order valence-corrected chi connectivity index (χ2v) is 4.53. The van der Waals surface area contributed by atoms with Crippen LogP contribution in [-0.2, 0) is 4.79 Å². The highest BCUT2D eigenvalue weighted by atomic mass is 35.5. The third kappa shape index (κ3) is 4.42. The number of urea groups is 1. The number of hydrogen-bond donors (Lipinski definition) is 3. The number of anilines is 1. The predicted octanol–water partition coefficient (Wildman–Crippen LogP) is 1.61. The normalized spacial score (nSPS) is 11.3. The Kier molecular flexibility index (Phi) is 6.10. The average Bonchev–Trinajstić information content (AvgIpc) is 2.47. The molecule has 3 amide bonds. The maximum absolute atomic E-state index is 11.8. The van der Waals surface area contributed by atoms with Crippen LogP contribution in [0.15, 0.2) is 12.1 Å². The number of benzene rings is 1. The van der Waals surface area contributed by atoms with Crippen molar-refractivity contribution in [2.24, 2.45) is 0 Å². The zero-order chi connectivity index (χ0) is 16.0. The van der Waals surface area contributed by atoms with Gasteiger partial charge in [-0.3, -0.25) is 10.1 Å². The molecule has 0 radical (unpaired) electrons. The number of carbonyl (C=O) groups excluding carboxylic acids is 2. The fraction of sp³-hybridized carbons (Fsp3) is 0.385. The Balaban J connectivity index is 2.89. The molecule has 0 spiro atoms. The van der Waals surface area contributed by atoms with Crippen LogP contribution in [0.3, 0.4) is 0 Å².